The summed E-state index contributed by atoms with van der Waals surface area (Å²) in [6.45, 7) is 4.30. The quantitative estimate of drug-likeness (QED) is 0.497. The Bertz CT molecular complexity index is 1490. The van der Waals surface area contributed by atoms with Crippen LogP contribution in [-0.2, 0) is 30.2 Å². The van der Waals surface area contributed by atoms with Gasteiger partial charge in [-0.05, 0) is 62.6 Å². The highest BCUT2D eigenvalue weighted by molar-refractivity contribution is 7.93. The van der Waals surface area contributed by atoms with Crippen molar-refractivity contribution in [2.75, 3.05) is 24.5 Å². The average molecular weight is 527 g/mol. The molecule has 36 heavy (non-hydrogen) atoms. The zero-order valence-corrected chi connectivity index (χ0v) is 22.2. The molecule has 0 aliphatic carbocycles. The largest absolute Gasteiger partial charge is 0.360 e. The van der Waals surface area contributed by atoms with E-state index in [1.807, 2.05) is 26.0 Å². The Kier molecular flexibility index (Phi) is 6.23. The van der Waals surface area contributed by atoms with Crippen molar-refractivity contribution in [2.24, 2.45) is 0 Å². The first kappa shape index (κ1) is 25.0. The number of sulfonamides is 2. The van der Waals surface area contributed by atoms with E-state index in [2.05, 4.69) is 0 Å². The van der Waals surface area contributed by atoms with Crippen molar-refractivity contribution in [1.82, 2.24) is 4.31 Å². The molecule has 2 heterocycles. The molecular formula is C27H30N2O5S2. The van der Waals surface area contributed by atoms with Gasteiger partial charge in [-0.25, -0.2) is 21.1 Å². The van der Waals surface area contributed by atoms with Gasteiger partial charge in [0.2, 0.25) is 10.0 Å². The summed E-state index contributed by atoms with van der Waals surface area (Å²) in [5, 5.41) is 0. The Morgan fingerprint density at radius 3 is 1.94 bits per heavy atom. The van der Waals surface area contributed by atoms with Gasteiger partial charge in [-0.3, -0.25) is 0 Å². The third-order valence-corrected chi connectivity index (χ3v) is 10.9. The number of benzene rings is 3. The molecular weight excluding hydrogens is 496 g/mol. The highest BCUT2D eigenvalue weighted by Crippen LogP contribution is 2.52. The number of piperidine rings is 1. The molecule has 2 unspecified atom stereocenters. The number of aryl methyl sites for hydroxylation is 2. The van der Waals surface area contributed by atoms with E-state index in [-0.39, 0.29) is 16.3 Å². The van der Waals surface area contributed by atoms with E-state index in [0.717, 1.165) is 16.7 Å². The molecule has 9 heteroatoms. The first-order chi connectivity index (χ1) is 17.1. The van der Waals surface area contributed by atoms with Gasteiger partial charge < -0.3 is 4.74 Å². The van der Waals surface area contributed by atoms with Gasteiger partial charge in [0.25, 0.3) is 10.0 Å². The molecule has 2 aliphatic heterocycles. The van der Waals surface area contributed by atoms with Gasteiger partial charge in [0.05, 0.1) is 20.9 Å². The molecule has 2 atom stereocenters. The minimum atomic E-state index is -3.98. The van der Waals surface area contributed by atoms with Crippen LogP contribution in [0.3, 0.4) is 0 Å². The molecule has 0 radical (unpaired) electrons. The van der Waals surface area contributed by atoms with Crippen molar-refractivity contribution in [3.8, 4) is 0 Å². The van der Waals surface area contributed by atoms with Crippen LogP contribution in [0.5, 0.6) is 0 Å². The van der Waals surface area contributed by atoms with Crippen LogP contribution in [0.2, 0.25) is 0 Å². The lowest BCUT2D eigenvalue weighted by Gasteiger charge is -2.44. The van der Waals surface area contributed by atoms with Crippen molar-refractivity contribution in [3.05, 3.63) is 89.5 Å². The predicted molar refractivity (Wildman–Crippen MR) is 139 cm³/mol. The average Bonchev–Trinajstić information content (AvgIpc) is 3.14. The molecule has 3 aromatic rings. The van der Waals surface area contributed by atoms with Crippen molar-refractivity contribution >= 4 is 25.7 Å². The number of hydrogen-bond acceptors (Lipinski definition) is 5. The molecule has 0 bridgehead atoms. The lowest BCUT2D eigenvalue weighted by Crippen LogP contribution is -2.57. The Balaban J connectivity index is 1.61. The Morgan fingerprint density at radius 2 is 1.36 bits per heavy atom. The number of ether oxygens (including phenoxy) is 1. The van der Waals surface area contributed by atoms with Crippen LogP contribution >= 0.6 is 0 Å². The third-order valence-electron chi connectivity index (χ3n) is 7.31. The lowest BCUT2D eigenvalue weighted by molar-refractivity contribution is 0.0239. The van der Waals surface area contributed by atoms with E-state index < -0.39 is 31.7 Å². The first-order valence-electron chi connectivity index (χ1n) is 11.9. The molecule has 1 saturated heterocycles. The second kappa shape index (κ2) is 8.99. The van der Waals surface area contributed by atoms with Crippen molar-refractivity contribution in [2.45, 2.75) is 48.1 Å². The van der Waals surface area contributed by atoms with Crippen LogP contribution in [-0.4, -0.2) is 47.6 Å². The fourth-order valence-corrected chi connectivity index (χ4v) is 8.71. The summed E-state index contributed by atoms with van der Waals surface area (Å²) < 4.78 is 63.9. The van der Waals surface area contributed by atoms with E-state index in [4.69, 9.17) is 4.74 Å². The molecule has 7 nitrogen and oxygen atoms in total. The maximum atomic E-state index is 13.9. The molecule has 0 saturated carbocycles. The summed E-state index contributed by atoms with van der Waals surface area (Å²) in [5.74, 6) is 0. The standard InChI is InChI=1S/C27H30N2O5S2/c1-20-9-13-22(14-10-20)35(30,31)28-18-6-17-27(19-28)24-7-4-5-8-25(24)29(26(27)34-3)36(32,33)23-15-11-21(2)12-16-23/h4-5,7-16,26H,6,17-19H2,1-3H3. The lowest BCUT2D eigenvalue weighted by atomic mass is 9.75. The first-order valence-corrected chi connectivity index (χ1v) is 14.8. The normalized spacial score (nSPS) is 22.6. The van der Waals surface area contributed by atoms with Gasteiger partial charge >= 0.3 is 0 Å². The Morgan fingerprint density at radius 1 is 0.806 bits per heavy atom. The number of rotatable bonds is 5. The maximum absolute atomic E-state index is 13.9. The number of methoxy groups -OCH3 is 1. The molecule has 0 amide bonds. The van der Waals surface area contributed by atoms with Gasteiger partial charge in [-0.15, -0.1) is 0 Å². The zero-order chi connectivity index (χ0) is 25.7. The number of hydrogen-bond donors (Lipinski definition) is 0. The number of anilines is 1. The molecule has 1 spiro atoms. The highest BCUT2D eigenvalue weighted by atomic mass is 32.2. The van der Waals surface area contributed by atoms with Gasteiger partial charge in [-0.1, -0.05) is 53.6 Å². The van der Waals surface area contributed by atoms with E-state index in [1.54, 1.807) is 60.7 Å². The second-order valence-electron chi connectivity index (χ2n) is 9.63. The van der Waals surface area contributed by atoms with Crippen LogP contribution in [0, 0.1) is 13.8 Å². The van der Waals surface area contributed by atoms with Crippen LogP contribution in [0.4, 0.5) is 5.69 Å². The molecule has 190 valence electrons. The van der Waals surface area contributed by atoms with Crippen molar-refractivity contribution in [1.29, 1.82) is 0 Å². The topological polar surface area (TPSA) is 84.0 Å². The van der Waals surface area contributed by atoms with E-state index in [1.165, 1.54) is 15.7 Å². The molecule has 3 aromatic carbocycles. The Labute approximate surface area is 213 Å². The van der Waals surface area contributed by atoms with E-state index in [0.29, 0.717) is 25.1 Å². The number of nitrogens with zero attached hydrogens (tertiary/aromatic N) is 2. The summed E-state index contributed by atoms with van der Waals surface area (Å²) in [4.78, 5) is 0.400. The number of para-hydroxylation sites is 1. The predicted octanol–water partition coefficient (Wildman–Crippen LogP) is 4.21. The molecule has 0 N–H and O–H groups in total. The van der Waals surface area contributed by atoms with Gasteiger partial charge in [0.15, 0.2) is 6.23 Å². The van der Waals surface area contributed by atoms with Gasteiger partial charge in [0.1, 0.15) is 0 Å². The molecule has 0 aromatic heterocycles. The van der Waals surface area contributed by atoms with Crippen LogP contribution in [0.15, 0.2) is 82.6 Å². The van der Waals surface area contributed by atoms with E-state index >= 15 is 0 Å². The fourth-order valence-electron chi connectivity index (χ4n) is 5.50. The zero-order valence-electron chi connectivity index (χ0n) is 20.6. The SMILES string of the molecule is COC1N(S(=O)(=O)c2ccc(C)cc2)c2ccccc2C12CCCN(S(=O)(=O)c1ccc(C)cc1)C2. The molecule has 5 rings (SSSR count). The smallest absolute Gasteiger partial charge is 0.266 e. The third kappa shape index (κ3) is 3.85. The maximum Gasteiger partial charge on any atom is 0.266 e. The Hall–Kier alpha value is -2.72. The monoisotopic (exact) mass is 526 g/mol. The minimum Gasteiger partial charge on any atom is -0.360 e. The minimum absolute atomic E-state index is 0.124. The summed E-state index contributed by atoms with van der Waals surface area (Å²) in [5.41, 5.74) is 2.40. The van der Waals surface area contributed by atoms with Gasteiger partial charge in [0, 0.05) is 20.2 Å². The summed E-state index contributed by atoms with van der Waals surface area (Å²) in [6.07, 6.45) is 0.289. The fraction of sp³-hybridized carbons (Fsp3) is 0.333. The van der Waals surface area contributed by atoms with Crippen LogP contribution in [0.25, 0.3) is 0 Å². The highest BCUT2D eigenvalue weighted by Gasteiger charge is 2.57. The second-order valence-corrected chi connectivity index (χ2v) is 13.4. The van der Waals surface area contributed by atoms with Crippen LogP contribution in [0.1, 0.15) is 29.5 Å². The van der Waals surface area contributed by atoms with Crippen LogP contribution < -0.4 is 4.31 Å². The summed E-state index contributed by atoms with van der Waals surface area (Å²) >= 11 is 0. The summed E-state index contributed by atoms with van der Waals surface area (Å²) in [7, 11) is -6.26. The van der Waals surface area contributed by atoms with Crippen molar-refractivity contribution < 1.29 is 21.6 Å². The molecule has 1 fully saturated rings. The summed E-state index contributed by atoms with van der Waals surface area (Å²) in [6, 6.07) is 20.9. The number of fused-ring (bicyclic) bond motifs is 2. The van der Waals surface area contributed by atoms with Crippen molar-refractivity contribution in [3.63, 3.8) is 0 Å². The van der Waals surface area contributed by atoms with E-state index in [9.17, 15) is 16.8 Å². The van der Waals surface area contributed by atoms with Gasteiger partial charge in [-0.2, -0.15) is 4.31 Å². The molecule has 2 aliphatic rings.